The van der Waals surface area contributed by atoms with Crippen LogP contribution >= 0.6 is 0 Å². The first-order valence-corrected chi connectivity index (χ1v) is 7.22. The number of pyridine rings is 1. The molecule has 0 unspecified atom stereocenters. The van der Waals surface area contributed by atoms with Gasteiger partial charge in [0.15, 0.2) is 5.78 Å². The monoisotopic (exact) mass is 270 g/mol. The number of carbonyl (C=O) groups excluding carboxylic acids is 1. The third-order valence-electron chi connectivity index (χ3n) is 4.01. The highest BCUT2D eigenvalue weighted by atomic mass is 16.1. The van der Waals surface area contributed by atoms with Gasteiger partial charge in [-0.05, 0) is 44.7 Å². The van der Waals surface area contributed by atoms with Gasteiger partial charge >= 0.3 is 0 Å². The van der Waals surface area contributed by atoms with Gasteiger partial charge in [-0.3, -0.25) is 14.0 Å². The van der Waals surface area contributed by atoms with Crippen molar-refractivity contribution in [1.29, 1.82) is 0 Å². The SMILES string of the molecule is CC(=O)c1ccn2c(=O)c3c(nc2c1)CCCCCC3. The Kier molecular flexibility index (Phi) is 3.38. The summed E-state index contributed by atoms with van der Waals surface area (Å²) in [5.74, 6) is -0.00603. The fourth-order valence-corrected chi connectivity index (χ4v) is 2.85. The largest absolute Gasteiger partial charge is 0.295 e. The number of hydrogen-bond donors (Lipinski definition) is 0. The summed E-state index contributed by atoms with van der Waals surface area (Å²) >= 11 is 0. The van der Waals surface area contributed by atoms with E-state index in [-0.39, 0.29) is 11.3 Å². The van der Waals surface area contributed by atoms with E-state index in [9.17, 15) is 9.59 Å². The third-order valence-corrected chi connectivity index (χ3v) is 4.01. The number of ketones is 1. The van der Waals surface area contributed by atoms with Crippen molar-refractivity contribution in [1.82, 2.24) is 9.38 Å². The van der Waals surface area contributed by atoms with Gasteiger partial charge in [-0.2, -0.15) is 0 Å². The Balaban J connectivity index is 2.22. The summed E-state index contributed by atoms with van der Waals surface area (Å²) in [5, 5.41) is 0. The highest BCUT2D eigenvalue weighted by Gasteiger charge is 2.15. The summed E-state index contributed by atoms with van der Waals surface area (Å²) in [5.41, 5.74) is 3.00. The zero-order chi connectivity index (χ0) is 14.1. The predicted octanol–water partition coefficient (Wildman–Crippen LogP) is 2.56. The van der Waals surface area contributed by atoms with Crippen LogP contribution in [-0.4, -0.2) is 15.2 Å². The summed E-state index contributed by atoms with van der Waals surface area (Å²) < 4.78 is 1.56. The molecular formula is C16H18N2O2. The molecule has 4 nitrogen and oxygen atoms in total. The van der Waals surface area contributed by atoms with Crippen molar-refractivity contribution >= 4 is 11.4 Å². The van der Waals surface area contributed by atoms with Crippen LogP contribution in [0.1, 0.15) is 54.2 Å². The number of rotatable bonds is 1. The molecule has 0 radical (unpaired) electrons. The van der Waals surface area contributed by atoms with Crippen LogP contribution in [-0.2, 0) is 12.8 Å². The molecule has 1 aliphatic rings. The second-order valence-corrected chi connectivity index (χ2v) is 5.46. The molecule has 20 heavy (non-hydrogen) atoms. The van der Waals surface area contributed by atoms with Gasteiger partial charge in [0.2, 0.25) is 0 Å². The van der Waals surface area contributed by atoms with E-state index in [1.54, 1.807) is 22.7 Å². The van der Waals surface area contributed by atoms with Crippen molar-refractivity contribution in [2.75, 3.05) is 0 Å². The normalized spacial score (nSPS) is 15.4. The molecule has 0 saturated carbocycles. The van der Waals surface area contributed by atoms with Crippen LogP contribution in [0, 0.1) is 0 Å². The molecule has 0 saturated heterocycles. The van der Waals surface area contributed by atoms with E-state index in [2.05, 4.69) is 4.98 Å². The molecule has 3 rings (SSSR count). The van der Waals surface area contributed by atoms with E-state index in [0.717, 1.165) is 36.9 Å². The first kappa shape index (κ1) is 13.0. The highest BCUT2D eigenvalue weighted by Crippen LogP contribution is 2.17. The second-order valence-electron chi connectivity index (χ2n) is 5.46. The Labute approximate surface area is 117 Å². The molecule has 0 N–H and O–H groups in total. The lowest BCUT2D eigenvalue weighted by atomic mass is 9.98. The van der Waals surface area contributed by atoms with E-state index >= 15 is 0 Å². The Bertz CT molecular complexity index is 731. The maximum Gasteiger partial charge on any atom is 0.261 e. The summed E-state index contributed by atoms with van der Waals surface area (Å²) in [6.45, 7) is 1.53. The molecular weight excluding hydrogens is 252 g/mol. The Morgan fingerprint density at radius 1 is 1.20 bits per heavy atom. The first-order valence-electron chi connectivity index (χ1n) is 7.22. The molecule has 2 aromatic rings. The number of Topliss-reactive ketones (excluding diaryl/α,β-unsaturated/α-hetero) is 1. The average Bonchev–Trinajstić information content (AvgIpc) is 2.40. The fourth-order valence-electron chi connectivity index (χ4n) is 2.85. The number of aryl methyl sites for hydroxylation is 1. The van der Waals surface area contributed by atoms with Crippen molar-refractivity contribution in [2.24, 2.45) is 0 Å². The lowest BCUT2D eigenvalue weighted by Gasteiger charge is -2.14. The topological polar surface area (TPSA) is 51.4 Å². The van der Waals surface area contributed by atoms with Gasteiger partial charge in [0, 0.05) is 17.3 Å². The minimum atomic E-state index is -0.00603. The number of carbonyl (C=O) groups is 1. The third kappa shape index (κ3) is 2.26. The molecule has 104 valence electrons. The van der Waals surface area contributed by atoms with Crippen molar-refractivity contribution in [3.63, 3.8) is 0 Å². The molecule has 0 fully saturated rings. The summed E-state index contributed by atoms with van der Waals surface area (Å²) in [4.78, 5) is 28.6. The molecule has 0 bridgehead atoms. The van der Waals surface area contributed by atoms with Crippen LogP contribution in [0.15, 0.2) is 23.1 Å². The maximum absolute atomic E-state index is 12.6. The van der Waals surface area contributed by atoms with E-state index in [1.165, 1.54) is 19.8 Å². The Hall–Kier alpha value is -1.97. The van der Waals surface area contributed by atoms with Gasteiger partial charge in [0.1, 0.15) is 5.65 Å². The van der Waals surface area contributed by atoms with E-state index in [4.69, 9.17) is 0 Å². The Morgan fingerprint density at radius 2 is 1.95 bits per heavy atom. The van der Waals surface area contributed by atoms with Gasteiger partial charge in [-0.25, -0.2) is 4.98 Å². The minimum Gasteiger partial charge on any atom is -0.295 e. The maximum atomic E-state index is 12.6. The highest BCUT2D eigenvalue weighted by molar-refractivity contribution is 5.94. The second kappa shape index (κ2) is 5.19. The van der Waals surface area contributed by atoms with E-state index in [1.807, 2.05) is 0 Å². The Morgan fingerprint density at radius 3 is 2.70 bits per heavy atom. The molecule has 0 aromatic carbocycles. The van der Waals surface area contributed by atoms with Crippen LogP contribution in [0.3, 0.4) is 0 Å². The molecule has 0 amide bonds. The first-order chi connectivity index (χ1) is 9.66. The van der Waals surface area contributed by atoms with Crippen LogP contribution in [0.4, 0.5) is 0 Å². The van der Waals surface area contributed by atoms with Gasteiger partial charge in [-0.1, -0.05) is 12.8 Å². The fraction of sp³-hybridized carbons (Fsp3) is 0.438. The molecule has 0 spiro atoms. The molecule has 1 aliphatic carbocycles. The van der Waals surface area contributed by atoms with Crippen LogP contribution < -0.4 is 5.56 Å². The van der Waals surface area contributed by atoms with Gasteiger partial charge in [0.25, 0.3) is 5.56 Å². The van der Waals surface area contributed by atoms with Gasteiger partial charge in [-0.15, -0.1) is 0 Å². The van der Waals surface area contributed by atoms with Gasteiger partial charge < -0.3 is 0 Å². The van der Waals surface area contributed by atoms with Crippen molar-refractivity contribution in [2.45, 2.75) is 45.4 Å². The average molecular weight is 270 g/mol. The van der Waals surface area contributed by atoms with Crippen LogP contribution in [0.2, 0.25) is 0 Å². The lowest BCUT2D eigenvalue weighted by molar-refractivity contribution is 0.101. The number of aromatic nitrogens is 2. The summed E-state index contributed by atoms with van der Waals surface area (Å²) in [7, 11) is 0. The van der Waals surface area contributed by atoms with E-state index < -0.39 is 0 Å². The molecule has 4 heteroatoms. The van der Waals surface area contributed by atoms with Crippen molar-refractivity contribution < 1.29 is 4.79 Å². The zero-order valence-corrected chi connectivity index (χ0v) is 11.7. The summed E-state index contributed by atoms with van der Waals surface area (Å²) in [6, 6.07) is 3.40. The van der Waals surface area contributed by atoms with Crippen molar-refractivity contribution in [3.8, 4) is 0 Å². The zero-order valence-electron chi connectivity index (χ0n) is 11.7. The quantitative estimate of drug-likeness (QED) is 0.748. The number of fused-ring (bicyclic) bond motifs is 2. The standard InChI is InChI=1S/C16H18N2O2/c1-11(19)12-8-9-18-15(10-12)17-14-7-5-3-2-4-6-13(14)16(18)20/h8-10H,2-7H2,1H3. The molecule has 0 aliphatic heterocycles. The van der Waals surface area contributed by atoms with E-state index in [0.29, 0.717) is 11.2 Å². The predicted molar refractivity (Wildman–Crippen MR) is 77.3 cm³/mol. The number of hydrogen-bond acceptors (Lipinski definition) is 3. The summed E-state index contributed by atoms with van der Waals surface area (Å²) in [6.07, 6.45) is 7.88. The molecule has 2 heterocycles. The molecule has 2 aromatic heterocycles. The van der Waals surface area contributed by atoms with Crippen molar-refractivity contribution in [3.05, 3.63) is 45.5 Å². The minimum absolute atomic E-state index is 0.00603. The smallest absolute Gasteiger partial charge is 0.261 e. The van der Waals surface area contributed by atoms with Gasteiger partial charge in [0.05, 0.1) is 5.69 Å². The lowest BCUT2D eigenvalue weighted by Crippen LogP contribution is -2.23. The van der Waals surface area contributed by atoms with Crippen LogP contribution in [0.25, 0.3) is 5.65 Å². The van der Waals surface area contributed by atoms with Crippen LogP contribution in [0.5, 0.6) is 0 Å². The number of nitrogens with zero attached hydrogens (tertiary/aromatic N) is 2. The molecule has 0 atom stereocenters.